The standard InChI is InChI=1S/C18H15N3O2S2/c1-11(17(22)19-9-12-5-4-8-24-12)25-18-16-15(20-10-21-18)13-6-2-3-7-14(13)23-16/h2-8,10-11H,9H2,1H3,(H,19,22). The van der Waals surface area contributed by atoms with Crippen LogP contribution in [0.2, 0.25) is 0 Å². The molecule has 1 unspecified atom stereocenters. The van der Waals surface area contributed by atoms with Crippen molar-refractivity contribution in [3.63, 3.8) is 0 Å². The van der Waals surface area contributed by atoms with Crippen molar-refractivity contribution in [3.8, 4) is 0 Å². The number of nitrogens with one attached hydrogen (secondary N) is 1. The lowest BCUT2D eigenvalue weighted by Gasteiger charge is -2.10. The molecule has 0 spiro atoms. The Kier molecular flexibility index (Phi) is 4.42. The summed E-state index contributed by atoms with van der Waals surface area (Å²) in [5.41, 5.74) is 2.18. The average molecular weight is 369 g/mol. The van der Waals surface area contributed by atoms with Crippen LogP contribution in [0.5, 0.6) is 0 Å². The molecule has 7 heteroatoms. The van der Waals surface area contributed by atoms with E-state index in [1.165, 1.54) is 18.1 Å². The molecule has 1 amide bonds. The van der Waals surface area contributed by atoms with Crippen LogP contribution in [0.25, 0.3) is 22.1 Å². The van der Waals surface area contributed by atoms with Gasteiger partial charge in [0.05, 0.1) is 11.8 Å². The summed E-state index contributed by atoms with van der Waals surface area (Å²) in [6.07, 6.45) is 1.52. The van der Waals surface area contributed by atoms with Crippen molar-refractivity contribution >= 4 is 51.1 Å². The van der Waals surface area contributed by atoms with Crippen LogP contribution in [0.3, 0.4) is 0 Å². The molecule has 0 saturated heterocycles. The number of aromatic nitrogens is 2. The first-order valence-electron chi connectivity index (χ1n) is 7.81. The Morgan fingerprint density at radius 3 is 3.00 bits per heavy atom. The second-order valence-electron chi connectivity index (χ2n) is 5.51. The van der Waals surface area contributed by atoms with E-state index < -0.39 is 0 Å². The Balaban J connectivity index is 1.54. The van der Waals surface area contributed by atoms with Gasteiger partial charge in [0.15, 0.2) is 5.58 Å². The quantitative estimate of drug-likeness (QED) is 0.421. The van der Waals surface area contributed by atoms with Crippen molar-refractivity contribution < 1.29 is 9.21 Å². The minimum Gasteiger partial charge on any atom is -0.451 e. The number of nitrogens with zero attached hydrogens (tertiary/aromatic N) is 2. The van der Waals surface area contributed by atoms with Crippen molar-refractivity contribution in [3.05, 3.63) is 53.0 Å². The SMILES string of the molecule is CC(Sc1ncnc2c1oc1ccccc12)C(=O)NCc1cccs1. The van der Waals surface area contributed by atoms with Gasteiger partial charge in [0.25, 0.3) is 0 Å². The number of thioether (sulfide) groups is 1. The number of thiophene rings is 1. The first-order valence-corrected chi connectivity index (χ1v) is 9.57. The lowest BCUT2D eigenvalue weighted by atomic mass is 10.2. The van der Waals surface area contributed by atoms with Crippen LogP contribution in [-0.4, -0.2) is 21.1 Å². The lowest BCUT2D eigenvalue weighted by molar-refractivity contribution is -0.120. The van der Waals surface area contributed by atoms with Gasteiger partial charge in [-0.2, -0.15) is 0 Å². The van der Waals surface area contributed by atoms with Crippen molar-refractivity contribution in [2.75, 3.05) is 0 Å². The summed E-state index contributed by atoms with van der Waals surface area (Å²) in [4.78, 5) is 22.1. The van der Waals surface area contributed by atoms with Crippen LogP contribution < -0.4 is 5.32 Å². The van der Waals surface area contributed by atoms with Crippen LogP contribution in [0.15, 0.2) is 57.5 Å². The third kappa shape index (κ3) is 3.25. The van der Waals surface area contributed by atoms with E-state index in [1.54, 1.807) is 11.3 Å². The van der Waals surface area contributed by atoms with Gasteiger partial charge in [0, 0.05) is 10.3 Å². The van der Waals surface area contributed by atoms with Gasteiger partial charge in [-0.3, -0.25) is 4.79 Å². The summed E-state index contributed by atoms with van der Waals surface area (Å²) in [6, 6.07) is 11.7. The molecule has 25 heavy (non-hydrogen) atoms. The molecule has 0 aliphatic heterocycles. The molecule has 0 bridgehead atoms. The Hall–Kier alpha value is -2.38. The fourth-order valence-electron chi connectivity index (χ4n) is 2.54. The molecule has 0 aliphatic carbocycles. The van der Waals surface area contributed by atoms with Crippen molar-refractivity contribution in [2.24, 2.45) is 0 Å². The molecule has 5 nitrogen and oxygen atoms in total. The summed E-state index contributed by atoms with van der Waals surface area (Å²) in [5.74, 6) is -0.0266. The zero-order chi connectivity index (χ0) is 17.2. The molecular weight excluding hydrogens is 354 g/mol. The van der Waals surface area contributed by atoms with Crippen molar-refractivity contribution in [1.29, 1.82) is 0 Å². The van der Waals surface area contributed by atoms with E-state index in [-0.39, 0.29) is 11.2 Å². The molecule has 3 aromatic heterocycles. The molecule has 1 N–H and O–H groups in total. The van der Waals surface area contributed by atoms with Crippen LogP contribution in [0, 0.1) is 0 Å². The number of rotatable bonds is 5. The third-order valence-corrected chi connectivity index (χ3v) is 5.76. The van der Waals surface area contributed by atoms with Gasteiger partial charge in [-0.15, -0.1) is 11.3 Å². The number of amides is 1. The highest BCUT2D eigenvalue weighted by Crippen LogP contribution is 2.34. The summed E-state index contributed by atoms with van der Waals surface area (Å²) >= 11 is 3.01. The third-order valence-electron chi connectivity index (χ3n) is 3.80. The van der Waals surface area contributed by atoms with E-state index in [2.05, 4.69) is 15.3 Å². The second kappa shape index (κ2) is 6.85. The molecule has 1 atom stereocenters. The number of hydrogen-bond donors (Lipinski definition) is 1. The van der Waals surface area contributed by atoms with E-state index in [0.717, 1.165) is 21.4 Å². The first kappa shape index (κ1) is 16.1. The predicted molar refractivity (Wildman–Crippen MR) is 101 cm³/mol. The molecule has 126 valence electrons. The van der Waals surface area contributed by atoms with Crippen LogP contribution in [-0.2, 0) is 11.3 Å². The van der Waals surface area contributed by atoms with Crippen molar-refractivity contribution in [1.82, 2.24) is 15.3 Å². The van der Waals surface area contributed by atoms with Gasteiger partial charge in [-0.25, -0.2) is 9.97 Å². The Labute approximate surface area is 152 Å². The van der Waals surface area contributed by atoms with Crippen LogP contribution in [0.4, 0.5) is 0 Å². The predicted octanol–water partition coefficient (Wildman–Crippen LogP) is 4.23. The van der Waals surface area contributed by atoms with E-state index >= 15 is 0 Å². The maximum Gasteiger partial charge on any atom is 0.233 e. The average Bonchev–Trinajstić information content (AvgIpc) is 3.27. The fourth-order valence-corrected chi connectivity index (χ4v) is 4.06. The normalized spacial score (nSPS) is 12.5. The first-order chi connectivity index (χ1) is 12.2. The summed E-state index contributed by atoms with van der Waals surface area (Å²) in [7, 11) is 0. The second-order valence-corrected chi connectivity index (χ2v) is 7.87. The van der Waals surface area contributed by atoms with E-state index in [1.807, 2.05) is 48.7 Å². The Morgan fingerprint density at radius 1 is 1.28 bits per heavy atom. The number of fused-ring (bicyclic) bond motifs is 3. The van der Waals surface area contributed by atoms with Gasteiger partial charge in [-0.1, -0.05) is 30.0 Å². The molecule has 4 aromatic rings. The zero-order valence-electron chi connectivity index (χ0n) is 13.4. The van der Waals surface area contributed by atoms with Crippen LogP contribution >= 0.6 is 23.1 Å². The summed E-state index contributed by atoms with van der Waals surface area (Å²) < 4.78 is 5.91. The largest absolute Gasteiger partial charge is 0.451 e. The summed E-state index contributed by atoms with van der Waals surface area (Å²) in [5, 5.41) is 6.31. The lowest BCUT2D eigenvalue weighted by Crippen LogP contribution is -2.30. The maximum absolute atomic E-state index is 12.3. The minimum atomic E-state index is -0.286. The molecular formula is C18H15N3O2S2. The summed E-state index contributed by atoms with van der Waals surface area (Å²) in [6.45, 7) is 2.41. The number of carbonyl (C=O) groups excluding carboxylic acids is 1. The van der Waals surface area contributed by atoms with Gasteiger partial charge in [-0.05, 0) is 30.5 Å². The zero-order valence-corrected chi connectivity index (χ0v) is 15.1. The van der Waals surface area contributed by atoms with Gasteiger partial charge < -0.3 is 9.73 Å². The van der Waals surface area contributed by atoms with Crippen LogP contribution in [0.1, 0.15) is 11.8 Å². The number of para-hydroxylation sites is 1. The molecule has 0 radical (unpaired) electrons. The molecule has 1 aromatic carbocycles. The smallest absolute Gasteiger partial charge is 0.233 e. The number of benzene rings is 1. The Morgan fingerprint density at radius 2 is 2.16 bits per heavy atom. The maximum atomic E-state index is 12.3. The Bertz CT molecular complexity index is 1030. The highest BCUT2D eigenvalue weighted by Gasteiger charge is 2.19. The van der Waals surface area contributed by atoms with E-state index in [4.69, 9.17) is 4.42 Å². The van der Waals surface area contributed by atoms with E-state index in [0.29, 0.717) is 17.2 Å². The fraction of sp³-hybridized carbons (Fsp3) is 0.167. The monoisotopic (exact) mass is 369 g/mol. The van der Waals surface area contributed by atoms with E-state index in [9.17, 15) is 4.79 Å². The topological polar surface area (TPSA) is 68.0 Å². The molecule has 0 fully saturated rings. The minimum absolute atomic E-state index is 0.0266. The van der Waals surface area contributed by atoms with Gasteiger partial charge in [0.1, 0.15) is 22.5 Å². The number of carbonyl (C=O) groups is 1. The molecule has 0 saturated carbocycles. The highest BCUT2D eigenvalue weighted by atomic mass is 32.2. The highest BCUT2D eigenvalue weighted by molar-refractivity contribution is 8.00. The number of hydrogen-bond acceptors (Lipinski definition) is 6. The van der Waals surface area contributed by atoms with Gasteiger partial charge >= 0.3 is 0 Å². The number of furan rings is 1. The molecule has 3 heterocycles. The molecule has 4 rings (SSSR count). The molecule has 0 aliphatic rings. The van der Waals surface area contributed by atoms with Gasteiger partial charge in [0.2, 0.25) is 5.91 Å². The van der Waals surface area contributed by atoms with Crippen molar-refractivity contribution in [2.45, 2.75) is 23.7 Å².